The predicted octanol–water partition coefficient (Wildman–Crippen LogP) is 2.27. The molecule has 0 spiro atoms. The van der Waals surface area contributed by atoms with Gasteiger partial charge in [-0.3, -0.25) is 9.69 Å². The molecule has 1 aromatic carbocycles. The van der Waals surface area contributed by atoms with Crippen LogP contribution in [0.3, 0.4) is 0 Å². The maximum atomic E-state index is 12.3. The molecule has 122 valence electrons. The Hall–Kier alpha value is -1.20. The number of carbonyl (C=O) groups excluding carboxylic acids is 1. The summed E-state index contributed by atoms with van der Waals surface area (Å²) in [6.07, 6.45) is 1.80. The Morgan fingerprint density at radius 1 is 1.27 bits per heavy atom. The second-order valence-corrected chi connectivity index (χ2v) is 7.16. The van der Waals surface area contributed by atoms with E-state index in [0.717, 1.165) is 37.4 Å². The third-order valence-electron chi connectivity index (χ3n) is 4.16. The first-order valence-electron chi connectivity index (χ1n) is 7.96. The standard InChI is InChI=1S/C17H26N2O2S/c1-13(3-4-15-5-7-16(20)8-6-15)18-17(21)14(2)19-9-11-22-12-10-19/h5-8,13-14,20H,3-4,9-12H2,1-2H3,(H,18,21)/t13-,14+/m0/s1. The number of aromatic hydroxyl groups is 1. The van der Waals surface area contributed by atoms with E-state index in [1.807, 2.05) is 30.8 Å². The molecule has 0 unspecified atom stereocenters. The van der Waals surface area contributed by atoms with Crippen molar-refractivity contribution in [2.45, 2.75) is 38.8 Å². The van der Waals surface area contributed by atoms with Gasteiger partial charge in [0.05, 0.1) is 6.04 Å². The highest BCUT2D eigenvalue weighted by molar-refractivity contribution is 7.99. The van der Waals surface area contributed by atoms with Crippen molar-refractivity contribution in [3.8, 4) is 5.75 Å². The smallest absolute Gasteiger partial charge is 0.237 e. The Balaban J connectivity index is 1.74. The van der Waals surface area contributed by atoms with E-state index in [-0.39, 0.29) is 18.0 Å². The fourth-order valence-corrected chi connectivity index (χ4v) is 3.54. The summed E-state index contributed by atoms with van der Waals surface area (Å²) >= 11 is 1.96. The molecule has 1 amide bonds. The first-order valence-corrected chi connectivity index (χ1v) is 9.12. The van der Waals surface area contributed by atoms with Crippen molar-refractivity contribution < 1.29 is 9.90 Å². The van der Waals surface area contributed by atoms with Gasteiger partial charge in [-0.25, -0.2) is 0 Å². The van der Waals surface area contributed by atoms with Crippen molar-refractivity contribution in [3.05, 3.63) is 29.8 Å². The molecule has 1 heterocycles. The highest BCUT2D eigenvalue weighted by atomic mass is 32.2. The number of phenols is 1. The number of amides is 1. The van der Waals surface area contributed by atoms with E-state index < -0.39 is 0 Å². The third kappa shape index (κ3) is 5.21. The van der Waals surface area contributed by atoms with E-state index in [4.69, 9.17) is 0 Å². The number of benzene rings is 1. The normalized spacial score (nSPS) is 18.6. The molecule has 0 aromatic heterocycles. The second kappa shape index (κ2) is 8.44. The molecule has 1 aliphatic heterocycles. The van der Waals surface area contributed by atoms with Gasteiger partial charge in [-0.05, 0) is 44.4 Å². The summed E-state index contributed by atoms with van der Waals surface area (Å²) in [7, 11) is 0. The zero-order valence-electron chi connectivity index (χ0n) is 13.4. The fraction of sp³-hybridized carbons (Fsp3) is 0.588. The van der Waals surface area contributed by atoms with Gasteiger partial charge in [-0.1, -0.05) is 12.1 Å². The summed E-state index contributed by atoms with van der Waals surface area (Å²) in [6.45, 7) is 6.05. The molecule has 2 atom stereocenters. The minimum atomic E-state index is -0.0444. The lowest BCUT2D eigenvalue weighted by molar-refractivity contribution is -0.126. The molecule has 1 saturated heterocycles. The highest BCUT2D eigenvalue weighted by Gasteiger charge is 2.23. The van der Waals surface area contributed by atoms with Crippen LogP contribution in [-0.2, 0) is 11.2 Å². The minimum absolute atomic E-state index is 0.0444. The van der Waals surface area contributed by atoms with Crippen LogP contribution in [0.1, 0.15) is 25.8 Å². The maximum Gasteiger partial charge on any atom is 0.237 e. The quantitative estimate of drug-likeness (QED) is 0.843. The number of carbonyl (C=O) groups is 1. The van der Waals surface area contributed by atoms with Crippen molar-refractivity contribution in [2.24, 2.45) is 0 Å². The number of nitrogens with one attached hydrogen (secondary N) is 1. The molecule has 1 aliphatic rings. The number of nitrogens with zero attached hydrogens (tertiary/aromatic N) is 1. The van der Waals surface area contributed by atoms with Crippen LogP contribution in [0.2, 0.25) is 0 Å². The zero-order valence-corrected chi connectivity index (χ0v) is 14.2. The van der Waals surface area contributed by atoms with Crippen molar-refractivity contribution in [2.75, 3.05) is 24.6 Å². The molecule has 5 heteroatoms. The SMILES string of the molecule is C[C@H](C(=O)N[C@@H](C)CCc1ccc(O)cc1)N1CCSCC1. The number of aryl methyl sites for hydroxylation is 1. The number of thioether (sulfide) groups is 1. The second-order valence-electron chi connectivity index (χ2n) is 5.94. The number of hydrogen-bond donors (Lipinski definition) is 2. The lowest BCUT2D eigenvalue weighted by atomic mass is 10.1. The summed E-state index contributed by atoms with van der Waals surface area (Å²) in [5.41, 5.74) is 1.18. The van der Waals surface area contributed by atoms with Gasteiger partial charge in [0, 0.05) is 30.6 Å². The molecule has 1 aromatic rings. The minimum Gasteiger partial charge on any atom is -0.508 e. The van der Waals surface area contributed by atoms with Gasteiger partial charge in [0.2, 0.25) is 5.91 Å². The third-order valence-corrected chi connectivity index (χ3v) is 5.11. The van der Waals surface area contributed by atoms with E-state index in [1.54, 1.807) is 12.1 Å². The van der Waals surface area contributed by atoms with Crippen LogP contribution in [0, 0.1) is 0 Å². The maximum absolute atomic E-state index is 12.3. The van der Waals surface area contributed by atoms with Gasteiger partial charge in [0.15, 0.2) is 0 Å². The van der Waals surface area contributed by atoms with Gasteiger partial charge < -0.3 is 10.4 Å². The van der Waals surface area contributed by atoms with Gasteiger partial charge in [-0.15, -0.1) is 0 Å². The van der Waals surface area contributed by atoms with Gasteiger partial charge in [0.1, 0.15) is 5.75 Å². The summed E-state index contributed by atoms with van der Waals surface area (Å²) in [6, 6.07) is 7.37. The van der Waals surface area contributed by atoms with E-state index in [1.165, 1.54) is 5.56 Å². The predicted molar refractivity (Wildman–Crippen MR) is 92.4 cm³/mol. The monoisotopic (exact) mass is 322 g/mol. The Bertz CT molecular complexity index is 472. The van der Waals surface area contributed by atoms with E-state index in [2.05, 4.69) is 17.1 Å². The lowest BCUT2D eigenvalue weighted by Gasteiger charge is -2.31. The van der Waals surface area contributed by atoms with Crippen molar-refractivity contribution >= 4 is 17.7 Å². The molecule has 2 N–H and O–H groups in total. The Morgan fingerprint density at radius 3 is 2.55 bits per heavy atom. The van der Waals surface area contributed by atoms with Gasteiger partial charge in [0.25, 0.3) is 0 Å². The fourth-order valence-electron chi connectivity index (χ4n) is 2.61. The Morgan fingerprint density at radius 2 is 1.91 bits per heavy atom. The Labute approximate surface area is 137 Å². The Kier molecular flexibility index (Phi) is 6.58. The molecule has 4 nitrogen and oxygen atoms in total. The molecular formula is C17H26N2O2S. The summed E-state index contributed by atoms with van der Waals surface area (Å²) in [5, 5.41) is 12.4. The highest BCUT2D eigenvalue weighted by Crippen LogP contribution is 2.14. The largest absolute Gasteiger partial charge is 0.508 e. The van der Waals surface area contributed by atoms with Crippen molar-refractivity contribution in [3.63, 3.8) is 0 Å². The summed E-state index contributed by atoms with van der Waals surface area (Å²) < 4.78 is 0. The molecule has 2 rings (SSSR count). The van der Waals surface area contributed by atoms with Crippen LogP contribution in [0.25, 0.3) is 0 Å². The molecular weight excluding hydrogens is 296 g/mol. The molecule has 0 aliphatic carbocycles. The van der Waals surface area contributed by atoms with Crippen LogP contribution in [-0.4, -0.2) is 52.6 Å². The molecule has 22 heavy (non-hydrogen) atoms. The molecule has 0 saturated carbocycles. The van der Waals surface area contributed by atoms with E-state index in [9.17, 15) is 9.90 Å². The molecule has 1 fully saturated rings. The van der Waals surface area contributed by atoms with Crippen molar-refractivity contribution in [1.82, 2.24) is 10.2 Å². The van der Waals surface area contributed by atoms with Crippen LogP contribution >= 0.6 is 11.8 Å². The van der Waals surface area contributed by atoms with Crippen LogP contribution < -0.4 is 5.32 Å². The molecule has 0 radical (unpaired) electrons. The topological polar surface area (TPSA) is 52.6 Å². The average Bonchev–Trinajstić information content (AvgIpc) is 2.54. The van der Waals surface area contributed by atoms with Crippen LogP contribution in [0.15, 0.2) is 24.3 Å². The lowest BCUT2D eigenvalue weighted by Crippen LogP contribution is -2.50. The first-order chi connectivity index (χ1) is 10.6. The number of hydrogen-bond acceptors (Lipinski definition) is 4. The summed E-state index contributed by atoms with van der Waals surface area (Å²) in [5.74, 6) is 2.66. The van der Waals surface area contributed by atoms with Gasteiger partial charge in [-0.2, -0.15) is 11.8 Å². The van der Waals surface area contributed by atoms with Crippen LogP contribution in [0.5, 0.6) is 5.75 Å². The van der Waals surface area contributed by atoms with E-state index in [0.29, 0.717) is 5.75 Å². The van der Waals surface area contributed by atoms with E-state index >= 15 is 0 Å². The first kappa shape index (κ1) is 17.2. The molecule has 0 bridgehead atoms. The van der Waals surface area contributed by atoms with Crippen LogP contribution in [0.4, 0.5) is 0 Å². The average molecular weight is 322 g/mol. The number of rotatable bonds is 6. The number of phenolic OH excluding ortho intramolecular Hbond substituents is 1. The van der Waals surface area contributed by atoms with Gasteiger partial charge >= 0.3 is 0 Å². The summed E-state index contributed by atoms with van der Waals surface area (Å²) in [4.78, 5) is 14.6. The van der Waals surface area contributed by atoms with Crippen molar-refractivity contribution in [1.29, 1.82) is 0 Å². The zero-order chi connectivity index (χ0) is 15.9.